The number of hydrogen-bond donors (Lipinski definition) is 1. The number of nitrogens with one attached hydrogen (secondary N) is 1. The molecule has 0 radical (unpaired) electrons. The Balaban J connectivity index is 3.45. The molecule has 0 aliphatic carbocycles. The smallest absolute Gasteiger partial charge is 0.217 e. The minimum Gasteiger partial charge on any atom is -0.346 e. The number of amides is 1. The predicted molar refractivity (Wildman–Crippen MR) is 103 cm³/mol. The molecule has 1 amide bonds. The van der Waals surface area contributed by atoms with Crippen LogP contribution >= 0.6 is 23.4 Å². The summed E-state index contributed by atoms with van der Waals surface area (Å²) in [5.41, 5.74) is 0. The molecule has 5 heteroatoms. The minimum atomic E-state index is -0.432. The van der Waals surface area contributed by atoms with Crippen molar-refractivity contribution >= 4 is 35.1 Å². The van der Waals surface area contributed by atoms with E-state index in [0.717, 1.165) is 5.75 Å². The van der Waals surface area contributed by atoms with Crippen LogP contribution < -0.4 is 5.32 Å². The van der Waals surface area contributed by atoms with E-state index in [2.05, 4.69) is 12.2 Å². The van der Waals surface area contributed by atoms with Gasteiger partial charge < -0.3 is 5.32 Å². The van der Waals surface area contributed by atoms with Gasteiger partial charge in [-0.2, -0.15) is 11.8 Å². The van der Waals surface area contributed by atoms with E-state index in [4.69, 9.17) is 11.6 Å². The molecule has 0 spiro atoms. The second-order valence-corrected chi connectivity index (χ2v) is 7.53. The molecular weight excluding hydrogens is 330 g/mol. The molecule has 0 unspecified atom stereocenters. The third-order valence-corrected chi connectivity index (χ3v) is 5.23. The van der Waals surface area contributed by atoms with Crippen molar-refractivity contribution in [3.05, 3.63) is 0 Å². The molecule has 0 aliphatic rings. The third kappa shape index (κ3) is 15.1. The predicted octanol–water partition coefficient (Wildman–Crippen LogP) is 4.95. The van der Waals surface area contributed by atoms with E-state index < -0.39 is 6.04 Å². The summed E-state index contributed by atoms with van der Waals surface area (Å²) >= 11 is 7.30. The van der Waals surface area contributed by atoms with Gasteiger partial charge in [-0.05, 0) is 12.2 Å². The van der Waals surface area contributed by atoms with Crippen LogP contribution in [0.5, 0.6) is 0 Å². The first-order valence-electron chi connectivity index (χ1n) is 9.05. The summed E-state index contributed by atoms with van der Waals surface area (Å²) in [4.78, 5) is 22.7. The molecular formula is C18H34ClNO2S. The zero-order valence-corrected chi connectivity index (χ0v) is 16.4. The molecule has 0 aliphatic heterocycles. The van der Waals surface area contributed by atoms with Gasteiger partial charge in [0.2, 0.25) is 5.91 Å². The molecule has 3 nitrogen and oxygen atoms in total. The highest BCUT2D eigenvalue weighted by Crippen LogP contribution is 2.13. The summed E-state index contributed by atoms with van der Waals surface area (Å²) in [6.07, 6.45) is 13.3. The quantitative estimate of drug-likeness (QED) is 0.311. The topological polar surface area (TPSA) is 46.2 Å². The van der Waals surface area contributed by atoms with E-state index in [1.807, 2.05) is 0 Å². The fraction of sp³-hybridized carbons (Fsp3) is 0.889. The maximum atomic E-state index is 11.6. The fourth-order valence-electron chi connectivity index (χ4n) is 2.45. The van der Waals surface area contributed by atoms with Gasteiger partial charge >= 0.3 is 0 Å². The van der Waals surface area contributed by atoms with Crippen LogP contribution in [0.2, 0.25) is 0 Å². The molecule has 1 N–H and O–H groups in total. The van der Waals surface area contributed by atoms with Gasteiger partial charge in [0.1, 0.15) is 0 Å². The van der Waals surface area contributed by atoms with E-state index in [-0.39, 0.29) is 17.6 Å². The van der Waals surface area contributed by atoms with Crippen LogP contribution in [0.4, 0.5) is 0 Å². The van der Waals surface area contributed by atoms with E-state index in [1.165, 1.54) is 71.1 Å². The third-order valence-electron chi connectivity index (χ3n) is 3.82. The number of Topliss-reactive ketones (excluding diaryl/α,β-unsaturated/α-hetero) is 1. The maximum absolute atomic E-state index is 11.6. The van der Waals surface area contributed by atoms with Crippen LogP contribution in [-0.2, 0) is 9.59 Å². The number of alkyl halides is 1. The molecule has 0 rings (SSSR count). The van der Waals surface area contributed by atoms with Crippen LogP contribution in [0.1, 0.15) is 78.1 Å². The molecule has 0 aromatic heterocycles. The summed E-state index contributed by atoms with van der Waals surface area (Å²) in [5, 5.41) is 2.68. The lowest BCUT2D eigenvalue weighted by molar-refractivity contribution is -0.124. The zero-order valence-electron chi connectivity index (χ0n) is 14.9. The number of unbranched alkanes of at least 4 members (excludes halogenated alkanes) is 9. The molecule has 0 fully saturated rings. The molecule has 0 aromatic rings. The monoisotopic (exact) mass is 363 g/mol. The number of ketones is 1. The number of carbonyl (C=O) groups excluding carboxylic acids is 2. The Kier molecular flexibility index (Phi) is 16.5. The first kappa shape index (κ1) is 22.8. The van der Waals surface area contributed by atoms with Crippen LogP contribution in [-0.4, -0.2) is 35.1 Å². The van der Waals surface area contributed by atoms with Gasteiger partial charge in [0.05, 0.1) is 11.9 Å². The first-order chi connectivity index (χ1) is 11.1. The maximum Gasteiger partial charge on any atom is 0.217 e. The summed E-state index contributed by atoms with van der Waals surface area (Å²) < 4.78 is 0. The van der Waals surface area contributed by atoms with Crippen LogP contribution in [0, 0.1) is 0 Å². The molecule has 136 valence electrons. The number of carbonyl (C=O) groups is 2. The largest absolute Gasteiger partial charge is 0.346 e. The highest BCUT2D eigenvalue weighted by Gasteiger charge is 2.17. The summed E-state index contributed by atoms with van der Waals surface area (Å²) in [6.45, 7) is 3.68. The number of rotatable bonds is 16. The van der Waals surface area contributed by atoms with E-state index in [1.54, 1.807) is 11.8 Å². The van der Waals surface area contributed by atoms with Gasteiger partial charge in [-0.25, -0.2) is 0 Å². The second kappa shape index (κ2) is 16.6. The Morgan fingerprint density at radius 1 is 0.957 bits per heavy atom. The summed E-state index contributed by atoms with van der Waals surface area (Å²) in [5.74, 6) is 1.36. The van der Waals surface area contributed by atoms with Gasteiger partial charge in [0.25, 0.3) is 0 Å². The van der Waals surface area contributed by atoms with Crippen molar-refractivity contribution in [3.8, 4) is 0 Å². The molecule has 0 saturated heterocycles. The SMILES string of the molecule is CCCCCCCCCCCCSC[C@@H](NC(C)=O)C(=O)CCl. The summed E-state index contributed by atoms with van der Waals surface area (Å²) in [7, 11) is 0. The average Bonchev–Trinajstić information content (AvgIpc) is 2.53. The van der Waals surface area contributed by atoms with E-state index >= 15 is 0 Å². The highest BCUT2D eigenvalue weighted by atomic mass is 35.5. The van der Waals surface area contributed by atoms with Crippen molar-refractivity contribution in [2.24, 2.45) is 0 Å². The molecule has 0 saturated carbocycles. The second-order valence-electron chi connectivity index (χ2n) is 6.11. The van der Waals surface area contributed by atoms with Crippen molar-refractivity contribution < 1.29 is 9.59 Å². The molecule has 0 aromatic carbocycles. The van der Waals surface area contributed by atoms with Crippen molar-refractivity contribution in [1.82, 2.24) is 5.32 Å². The van der Waals surface area contributed by atoms with Crippen LogP contribution in [0.25, 0.3) is 0 Å². The van der Waals surface area contributed by atoms with Crippen molar-refractivity contribution in [3.63, 3.8) is 0 Å². The Hall–Kier alpha value is -0.220. The molecule has 0 heterocycles. The number of thioether (sulfide) groups is 1. The Bertz CT molecular complexity index is 313. The van der Waals surface area contributed by atoms with E-state index in [9.17, 15) is 9.59 Å². The van der Waals surface area contributed by atoms with Crippen molar-refractivity contribution in [1.29, 1.82) is 0 Å². The normalized spacial score (nSPS) is 12.1. The Labute approximate surface area is 151 Å². The minimum absolute atomic E-state index is 0.0379. The van der Waals surface area contributed by atoms with E-state index in [0.29, 0.717) is 5.75 Å². The average molecular weight is 364 g/mol. The van der Waals surface area contributed by atoms with Gasteiger partial charge in [-0.3, -0.25) is 9.59 Å². The Morgan fingerprint density at radius 3 is 1.96 bits per heavy atom. The van der Waals surface area contributed by atoms with Crippen LogP contribution in [0.15, 0.2) is 0 Å². The lowest BCUT2D eigenvalue weighted by Crippen LogP contribution is -2.42. The molecule has 0 bridgehead atoms. The number of hydrogen-bond acceptors (Lipinski definition) is 3. The van der Waals surface area contributed by atoms with Crippen LogP contribution in [0.3, 0.4) is 0 Å². The molecule has 23 heavy (non-hydrogen) atoms. The first-order valence-corrected chi connectivity index (χ1v) is 10.7. The van der Waals surface area contributed by atoms with Crippen molar-refractivity contribution in [2.75, 3.05) is 17.4 Å². The van der Waals surface area contributed by atoms with Crippen molar-refractivity contribution in [2.45, 2.75) is 84.1 Å². The lowest BCUT2D eigenvalue weighted by atomic mass is 10.1. The highest BCUT2D eigenvalue weighted by molar-refractivity contribution is 7.99. The molecule has 1 atom stereocenters. The summed E-state index contributed by atoms with van der Waals surface area (Å²) in [6, 6.07) is -0.432. The lowest BCUT2D eigenvalue weighted by Gasteiger charge is -2.15. The standard InChI is InChI=1S/C18H34ClNO2S/c1-3-4-5-6-7-8-9-10-11-12-13-23-15-17(18(22)14-19)20-16(2)21/h17H,3-15H2,1-2H3,(H,20,21)/t17-/m1/s1. The fourth-order valence-corrected chi connectivity index (χ4v) is 3.71. The zero-order chi connectivity index (χ0) is 17.3. The van der Waals surface area contributed by atoms with Gasteiger partial charge in [-0.1, -0.05) is 64.7 Å². The van der Waals surface area contributed by atoms with Gasteiger partial charge in [0.15, 0.2) is 5.78 Å². The Morgan fingerprint density at radius 2 is 1.48 bits per heavy atom. The van der Waals surface area contributed by atoms with Gasteiger partial charge in [-0.15, -0.1) is 11.6 Å². The van der Waals surface area contributed by atoms with Gasteiger partial charge in [0, 0.05) is 12.7 Å². The number of halogens is 1.